The van der Waals surface area contributed by atoms with Gasteiger partial charge in [-0.1, -0.05) is 6.07 Å². The number of nitrogens with zero attached hydrogens (tertiary/aromatic N) is 1. The van der Waals surface area contributed by atoms with Gasteiger partial charge in [-0.05, 0) is 56.2 Å². The SMILES string of the molecule is CC1(C)CC(NCc2ccc3c(c2)C(=O)N(C2CCC(=O)NC2=O)C3=O)c2cc(N)ccc2O1. The maximum absolute atomic E-state index is 13.1. The van der Waals surface area contributed by atoms with Crippen LogP contribution in [0, 0.1) is 0 Å². The van der Waals surface area contributed by atoms with Crippen molar-refractivity contribution in [2.45, 2.75) is 57.3 Å². The molecule has 1 saturated heterocycles. The van der Waals surface area contributed by atoms with Crippen molar-refractivity contribution in [3.63, 3.8) is 0 Å². The molecule has 2 aromatic rings. The van der Waals surface area contributed by atoms with Gasteiger partial charge in [-0.3, -0.25) is 29.4 Å². The van der Waals surface area contributed by atoms with Crippen LogP contribution >= 0.6 is 0 Å². The van der Waals surface area contributed by atoms with E-state index in [2.05, 4.69) is 10.6 Å². The summed E-state index contributed by atoms with van der Waals surface area (Å²) in [4.78, 5) is 50.6. The molecule has 9 nitrogen and oxygen atoms in total. The van der Waals surface area contributed by atoms with E-state index in [1.807, 2.05) is 32.0 Å². The number of ether oxygens (including phenoxy) is 1. The first kappa shape index (κ1) is 22.1. The van der Waals surface area contributed by atoms with Crippen LogP contribution in [0.1, 0.15) is 71.0 Å². The zero-order valence-corrected chi connectivity index (χ0v) is 19.0. The molecule has 0 bridgehead atoms. The van der Waals surface area contributed by atoms with Crippen molar-refractivity contribution >= 4 is 29.3 Å². The minimum atomic E-state index is -0.974. The molecule has 34 heavy (non-hydrogen) atoms. The number of amides is 4. The standard InChI is InChI=1S/C25H26N4O5/c1-25(2)11-18(17-10-14(26)4-7-20(17)34-25)27-12-13-3-5-15-16(9-13)24(33)29(23(15)32)19-6-8-21(30)28-22(19)31/h3-5,7,9-10,18-19,27H,6,8,11-12,26H2,1-2H3,(H,28,30,31). The number of benzene rings is 2. The Kier molecular flexibility index (Phi) is 5.16. The minimum Gasteiger partial charge on any atom is -0.487 e. The van der Waals surface area contributed by atoms with Gasteiger partial charge in [0.15, 0.2) is 0 Å². The largest absolute Gasteiger partial charge is 0.487 e. The van der Waals surface area contributed by atoms with Crippen molar-refractivity contribution in [3.8, 4) is 5.75 Å². The van der Waals surface area contributed by atoms with Crippen LogP contribution in [0.15, 0.2) is 36.4 Å². The van der Waals surface area contributed by atoms with Gasteiger partial charge in [0.1, 0.15) is 17.4 Å². The van der Waals surface area contributed by atoms with E-state index in [0.29, 0.717) is 12.2 Å². The molecule has 3 heterocycles. The number of hydrogen-bond donors (Lipinski definition) is 3. The lowest BCUT2D eigenvalue weighted by Gasteiger charge is -2.38. The number of imide groups is 2. The Morgan fingerprint density at radius 3 is 2.62 bits per heavy atom. The average Bonchev–Trinajstić information content (AvgIpc) is 3.02. The van der Waals surface area contributed by atoms with Crippen LogP contribution in [0.4, 0.5) is 5.69 Å². The highest BCUT2D eigenvalue weighted by atomic mass is 16.5. The Bertz CT molecular complexity index is 1240. The van der Waals surface area contributed by atoms with Crippen molar-refractivity contribution in [1.82, 2.24) is 15.5 Å². The highest BCUT2D eigenvalue weighted by Gasteiger charge is 2.44. The summed E-state index contributed by atoms with van der Waals surface area (Å²) in [6.07, 6.45) is 0.953. The van der Waals surface area contributed by atoms with Gasteiger partial charge in [-0.25, -0.2) is 0 Å². The molecule has 0 radical (unpaired) electrons. The monoisotopic (exact) mass is 462 g/mol. The first-order chi connectivity index (χ1) is 16.1. The molecule has 2 atom stereocenters. The third-order valence-corrected chi connectivity index (χ3v) is 6.55. The molecule has 2 aromatic carbocycles. The molecule has 1 fully saturated rings. The zero-order valence-electron chi connectivity index (χ0n) is 19.0. The molecule has 5 rings (SSSR count). The minimum absolute atomic E-state index is 0.00666. The summed E-state index contributed by atoms with van der Waals surface area (Å²) in [6, 6.07) is 9.74. The van der Waals surface area contributed by atoms with Gasteiger partial charge in [-0.15, -0.1) is 0 Å². The lowest BCUT2D eigenvalue weighted by Crippen LogP contribution is -2.54. The summed E-state index contributed by atoms with van der Waals surface area (Å²) in [5.74, 6) is -1.25. The number of hydrogen-bond acceptors (Lipinski definition) is 7. The lowest BCUT2D eigenvalue weighted by atomic mass is 9.89. The van der Waals surface area contributed by atoms with Crippen molar-refractivity contribution in [3.05, 3.63) is 58.7 Å². The van der Waals surface area contributed by atoms with Crippen LogP contribution in [0.2, 0.25) is 0 Å². The Hall–Kier alpha value is -3.72. The van der Waals surface area contributed by atoms with E-state index in [9.17, 15) is 19.2 Å². The second-order valence-electron chi connectivity index (χ2n) is 9.62. The van der Waals surface area contributed by atoms with E-state index in [0.717, 1.165) is 28.2 Å². The molecule has 176 valence electrons. The Balaban J connectivity index is 1.35. The fourth-order valence-corrected chi connectivity index (χ4v) is 4.92. The molecular weight excluding hydrogens is 436 g/mol. The zero-order chi connectivity index (χ0) is 24.2. The predicted molar refractivity (Wildman–Crippen MR) is 123 cm³/mol. The van der Waals surface area contributed by atoms with Crippen LogP contribution < -0.4 is 21.1 Å². The summed E-state index contributed by atoms with van der Waals surface area (Å²) in [5, 5.41) is 5.74. The molecule has 0 aromatic heterocycles. The van der Waals surface area contributed by atoms with E-state index in [-0.39, 0.29) is 35.6 Å². The number of fused-ring (bicyclic) bond motifs is 2. The van der Waals surface area contributed by atoms with Crippen molar-refractivity contribution < 1.29 is 23.9 Å². The maximum atomic E-state index is 13.1. The van der Waals surface area contributed by atoms with E-state index in [4.69, 9.17) is 10.5 Å². The average molecular weight is 463 g/mol. The summed E-state index contributed by atoms with van der Waals surface area (Å²) < 4.78 is 6.09. The molecule has 3 aliphatic heterocycles. The second kappa shape index (κ2) is 7.95. The number of carbonyl (C=O) groups excluding carboxylic acids is 4. The lowest BCUT2D eigenvalue weighted by molar-refractivity contribution is -0.136. The quantitative estimate of drug-likeness (QED) is 0.468. The summed E-state index contributed by atoms with van der Waals surface area (Å²) in [6.45, 7) is 4.52. The molecule has 2 unspecified atom stereocenters. The second-order valence-corrected chi connectivity index (χ2v) is 9.62. The Labute approximate surface area is 196 Å². The van der Waals surface area contributed by atoms with Crippen LogP contribution in [-0.2, 0) is 16.1 Å². The van der Waals surface area contributed by atoms with Gasteiger partial charge < -0.3 is 15.8 Å². The number of carbonyl (C=O) groups is 4. The van der Waals surface area contributed by atoms with Gasteiger partial charge in [0, 0.05) is 36.7 Å². The summed E-state index contributed by atoms with van der Waals surface area (Å²) in [5.41, 5.74) is 8.65. The molecular formula is C25H26N4O5. The first-order valence-corrected chi connectivity index (χ1v) is 11.3. The smallest absolute Gasteiger partial charge is 0.262 e. The number of nitrogens with one attached hydrogen (secondary N) is 2. The topological polar surface area (TPSA) is 131 Å². The summed E-state index contributed by atoms with van der Waals surface area (Å²) in [7, 11) is 0. The number of piperidine rings is 1. The third-order valence-electron chi connectivity index (χ3n) is 6.55. The van der Waals surface area contributed by atoms with Crippen LogP contribution in [-0.4, -0.2) is 40.2 Å². The van der Waals surface area contributed by atoms with Crippen molar-refractivity contribution in [1.29, 1.82) is 0 Å². The molecule has 0 aliphatic carbocycles. The molecule has 4 N–H and O–H groups in total. The number of nitrogen functional groups attached to an aromatic ring is 1. The van der Waals surface area contributed by atoms with Gasteiger partial charge in [0.25, 0.3) is 11.8 Å². The first-order valence-electron chi connectivity index (χ1n) is 11.3. The van der Waals surface area contributed by atoms with Crippen molar-refractivity contribution in [2.24, 2.45) is 0 Å². The van der Waals surface area contributed by atoms with Crippen LogP contribution in [0.25, 0.3) is 0 Å². The highest BCUT2D eigenvalue weighted by Crippen LogP contribution is 2.40. The highest BCUT2D eigenvalue weighted by molar-refractivity contribution is 6.23. The fourth-order valence-electron chi connectivity index (χ4n) is 4.92. The molecule has 0 saturated carbocycles. The number of anilines is 1. The molecule has 3 aliphatic rings. The maximum Gasteiger partial charge on any atom is 0.262 e. The van der Waals surface area contributed by atoms with Crippen LogP contribution in [0.3, 0.4) is 0 Å². The normalized spacial score (nSPS) is 23.3. The van der Waals surface area contributed by atoms with E-state index in [1.54, 1.807) is 18.2 Å². The number of nitrogens with two attached hydrogens (primary N) is 1. The van der Waals surface area contributed by atoms with Gasteiger partial charge in [0.2, 0.25) is 11.8 Å². The summed E-state index contributed by atoms with van der Waals surface area (Å²) >= 11 is 0. The third kappa shape index (κ3) is 3.81. The van der Waals surface area contributed by atoms with E-state index >= 15 is 0 Å². The van der Waals surface area contributed by atoms with E-state index < -0.39 is 29.7 Å². The molecule has 4 amide bonds. The predicted octanol–water partition coefficient (Wildman–Crippen LogP) is 2.06. The fraction of sp³-hybridized carbons (Fsp3) is 0.360. The number of rotatable bonds is 4. The van der Waals surface area contributed by atoms with E-state index in [1.165, 1.54) is 0 Å². The van der Waals surface area contributed by atoms with Crippen LogP contribution in [0.5, 0.6) is 5.75 Å². The van der Waals surface area contributed by atoms with Gasteiger partial charge >= 0.3 is 0 Å². The Morgan fingerprint density at radius 2 is 1.85 bits per heavy atom. The molecule has 0 spiro atoms. The van der Waals surface area contributed by atoms with Crippen molar-refractivity contribution in [2.75, 3.05) is 5.73 Å². The molecule has 9 heteroatoms. The Morgan fingerprint density at radius 1 is 1.09 bits per heavy atom. The van der Waals surface area contributed by atoms with Gasteiger partial charge in [0.05, 0.1) is 11.1 Å². The van der Waals surface area contributed by atoms with Gasteiger partial charge in [-0.2, -0.15) is 0 Å².